The molecule has 6 heteroatoms. The summed E-state index contributed by atoms with van der Waals surface area (Å²) >= 11 is 6.10. The Hall–Kier alpha value is -2.37. The van der Waals surface area contributed by atoms with Crippen LogP contribution in [0.2, 0.25) is 5.02 Å². The monoisotopic (exact) mass is 346 g/mol. The highest BCUT2D eigenvalue weighted by atomic mass is 35.5. The molecule has 126 valence electrons. The standard InChI is InChI=1S/C18H19ClN2O3/c19-16-4-2-1-3-15(16)12-20-11-13-5-7-14(8-6-13)18(24)21-10-9-17(22)23/h1-8,20H,9-12H2,(H,21,24)(H,22,23). The summed E-state index contributed by atoms with van der Waals surface area (Å²) in [5.74, 6) is -1.21. The molecule has 24 heavy (non-hydrogen) atoms. The highest BCUT2D eigenvalue weighted by Crippen LogP contribution is 2.14. The van der Waals surface area contributed by atoms with E-state index in [4.69, 9.17) is 16.7 Å². The number of carboxylic acid groups (broad SMARTS) is 1. The van der Waals surface area contributed by atoms with Crippen LogP contribution >= 0.6 is 11.6 Å². The van der Waals surface area contributed by atoms with Gasteiger partial charge in [-0.25, -0.2) is 0 Å². The van der Waals surface area contributed by atoms with E-state index in [2.05, 4.69) is 10.6 Å². The first-order chi connectivity index (χ1) is 11.6. The number of hydrogen-bond acceptors (Lipinski definition) is 3. The van der Waals surface area contributed by atoms with E-state index < -0.39 is 5.97 Å². The van der Waals surface area contributed by atoms with E-state index in [1.54, 1.807) is 12.1 Å². The van der Waals surface area contributed by atoms with Gasteiger partial charge in [-0.3, -0.25) is 9.59 Å². The Morgan fingerprint density at radius 3 is 2.38 bits per heavy atom. The molecule has 0 bridgehead atoms. The van der Waals surface area contributed by atoms with Gasteiger partial charge in [0, 0.05) is 30.2 Å². The van der Waals surface area contributed by atoms with Gasteiger partial charge in [0.2, 0.25) is 0 Å². The lowest BCUT2D eigenvalue weighted by Crippen LogP contribution is -2.26. The van der Waals surface area contributed by atoms with Crippen molar-refractivity contribution in [1.29, 1.82) is 0 Å². The molecule has 0 heterocycles. The average molecular weight is 347 g/mol. The van der Waals surface area contributed by atoms with Crippen LogP contribution in [-0.2, 0) is 17.9 Å². The van der Waals surface area contributed by atoms with Crippen LogP contribution in [0.25, 0.3) is 0 Å². The van der Waals surface area contributed by atoms with Gasteiger partial charge in [0.25, 0.3) is 5.91 Å². The minimum absolute atomic E-state index is 0.0875. The molecule has 0 saturated carbocycles. The Labute approximate surface area is 145 Å². The molecule has 0 spiro atoms. The van der Waals surface area contributed by atoms with Crippen molar-refractivity contribution in [3.8, 4) is 0 Å². The third-order valence-electron chi connectivity index (χ3n) is 3.44. The fourth-order valence-corrected chi connectivity index (χ4v) is 2.34. The first kappa shape index (κ1) is 18.0. The lowest BCUT2D eigenvalue weighted by Gasteiger charge is -2.08. The third-order valence-corrected chi connectivity index (χ3v) is 3.81. The van der Waals surface area contributed by atoms with Gasteiger partial charge in [-0.15, -0.1) is 0 Å². The van der Waals surface area contributed by atoms with Crippen molar-refractivity contribution < 1.29 is 14.7 Å². The Bertz CT molecular complexity index is 702. The summed E-state index contributed by atoms with van der Waals surface area (Å²) in [7, 11) is 0. The zero-order valence-electron chi connectivity index (χ0n) is 13.1. The predicted octanol–water partition coefficient (Wildman–Crippen LogP) is 2.83. The molecule has 0 fully saturated rings. The minimum atomic E-state index is -0.935. The molecule has 1 amide bonds. The van der Waals surface area contributed by atoms with Gasteiger partial charge < -0.3 is 15.7 Å². The molecule has 0 aliphatic carbocycles. The zero-order chi connectivity index (χ0) is 17.4. The van der Waals surface area contributed by atoms with E-state index in [0.717, 1.165) is 16.1 Å². The maximum Gasteiger partial charge on any atom is 0.305 e. The number of carbonyl (C=O) groups excluding carboxylic acids is 1. The van der Waals surface area contributed by atoms with Crippen molar-refractivity contribution in [1.82, 2.24) is 10.6 Å². The lowest BCUT2D eigenvalue weighted by atomic mass is 10.1. The molecule has 3 N–H and O–H groups in total. The van der Waals surface area contributed by atoms with E-state index in [1.165, 1.54) is 0 Å². The van der Waals surface area contributed by atoms with E-state index in [-0.39, 0.29) is 18.9 Å². The predicted molar refractivity (Wildman–Crippen MR) is 93.0 cm³/mol. The van der Waals surface area contributed by atoms with Gasteiger partial charge in [-0.05, 0) is 29.3 Å². The van der Waals surface area contributed by atoms with Crippen molar-refractivity contribution in [2.75, 3.05) is 6.54 Å². The van der Waals surface area contributed by atoms with E-state index >= 15 is 0 Å². The second kappa shape index (κ2) is 9.05. The third kappa shape index (κ3) is 5.68. The number of benzene rings is 2. The first-order valence-corrected chi connectivity index (χ1v) is 7.97. The number of carboxylic acids is 1. The highest BCUT2D eigenvalue weighted by Gasteiger charge is 2.06. The molecule has 0 unspecified atom stereocenters. The number of rotatable bonds is 8. The average Bonchev–Trinajstić information content (AvgIpc) is 2.57. The molecule has 2 aromatic carbocycles. The summed E-state index contributed by atoms with van der Waals surface area (Å²) in [5, 5.41) is 15.2. The number of aliphatic carboxylic acids is 1. The molecule has 0 saturated heterocycles. The van der Waals surface area contributed by atoms with Crippen LogP contribution in [0.1, 0.15) is 27.9 Å². The number of amides is 1. The Balaban J connectivity index is 1.80. The largest absolute Gasteiger partial charge is 0.481 e. The second-order valence-corrected chi connectivity index (χ2v) is 5.70. The molecule has 2 rings (SSSR count). The number of nitrogens with one attached hydrogen (secondary N) is 2. The number of carbonyl (C=O) groups is 2. The van der Waals surface area contributed by atoms with Gasteiger partial charge >= 0.3 is 5.97 Å². The first-order valence-electron chi connectivity index (χ1n) is 7.59. The van der Waals surface area contributed by atoms with Gasteiger partial charge in [0.1, 0.15) is 0 Å². The van der Waals surface area contributed by atoms with Gasteiger partial charge in [-0.1, -0.05) is 41.9 Å². The van der Waals surface area contributed by atoms with Crippen LogP contribution in [0.4, 0.5) is 0 Å². The second-order valence-electron chi connectivity index (χ2n) is 5.29. The lowest BCUT2D eigenvalue weighted by molar-refractivity contribution is -0.136. The fourth-order valence-electron chi connectivity index (χ4n) is 2.14. The molecule has 0 aromatic heterocycles. The van der Waals surface area contributed by atoms with Crippen molar-refractivity contribution in [2.24, 2.45) is 0 Å². The van der Waals surface area contributed by atoms with Crippen LogP contribution < -0.4 is 10.6 Å². The Morgan fingerprint density at radius 2 is 1.71 bits per heavy atom. The highest BCUT2D eigenvalue weighted by molar-refractivity contribution is 6.31. The molecular weight excluding hydrogens is 328 g/mol. The summed E-state index contributed by atoms with van der Waals surface area (Å²) in [4.78, 5) is 22.3. The number of halogens is 1. The zero-order valence-corrected chi connectivity index (χ0v) is 13.8. The molecule has 0 radical (unpaired) electrons. The van der Waals surface area contributed by atoms with E-state index in [1.807, 2.05) is 36.4 Å². The molecule has 0 aliphatic rings. The fraction of sp³-hybridized carbons (Fsp3) is 0.222. The smallest absolute Gasteiger partial charge is 0.305 e. The van der Waals surface area contributed by atoms with E-state index in [9.17, 15) is 9.59 Å². The van der Waals surface area contributed by atoms with Crippen molar-refractivity contribution in [3.05, 3.63) is 70.2 Å². The van der Waals surface area contributed by atoms with Crippen molar-refractivity contribution >= 4 is 23.5 Å². The van der Waals surface area contributed by atoms with Gasteiger partial charge in [-0.2, -0.15) is 0 Å². The van der Waals surface area contributed by atoms with Crippen LogP contribution in [0.3, 0.4) is 0 Å². The quantitative estimate of drug-likeness (QED) is 0.686. The molecule has 5 nitrogen and oxygen atoms in total. The van der Waals surface area contributed by atoms with Crippen molar-refractivity contribution in [2.45, 2.75) is 19.5 Å². The Morgan fingerprint density at radius 1 is 1.00 bits per heavy atom. The van der Waals surface area contributed by atoms with Crippen LogP contribution in [-0.4, -0.2) is 23.5 Å². The summed E-state index contributed by atoms with van der Waals surface area (Å²) in [6.07, 6.45) is -0.0875. The summed E-state index contributed by atoms with van der Waals surface area (Å²) < 4.78 is 0. The van der Waals surface area contributed by atoms with E-state index in [0.29, 0.717) is 18.7 Å². The summed E-state index contributed by atoms with van der Waals surface area (Å²) in [6, 6.07) is 14.9. The summed E-state index contributed by atoms with van der Waals surface area (Å²) in [6.45, 7) is 1.44. The number of hydrogen-bond donors (Lipinski definition) is 3. The van der Waals surface area contributed by atoms with Crippen LogP contribution in [0.5, 0.6) is 0 Å². The molecule has 0 atom stereocenters. The Kier molecular flexibility index (Phi) is 6.78. The topological polar surface area (TPSA) is 78.4 Å². The minimum Gasteiger partial charge on any atom is -0.481 e. The maximum atomic E-state index is 11.8. The SMILES string of the molecule is O=C(O)CCNC(=O)c1ccc(CNCc2ccccc2Cl)cc1. The van der Waals surface area contributed by atoms with Gasteiger partial charge in [0.15, 0.2) is 0 Å². The van der Waals surface area contributed by atoms with Crippen molar-refractivity contribution in [3.63, 3.8) is 0 Å². The van der Waals surface area contributed by atoms with Crippen LogP contribution in [0, 0.1) is 0 Å². The van der Waals surface area contributed by atoms with Crippen LogP contribution in [0.15, 0.2) is 48.5 Å². The normalized spacial score (nSPS) is 10.4. The molecule has 0 aliphatic heterocycles. The maximum absolute atomic E-state index is 11.8. The summed E-state index contributed by atoms with van der Waals surface area (Å²) in [5.41, 5.74) is 2.59. The molecular formula is C18H19ClN2O3. The van der Waals surface area contributed by atoms with Gasteiger partial charge in [0.05, 0.1) is 6.42 Å². The molecule has 2 aromatic rings.